The molecule has 2 N–H and O–H groups in total. The van der Waals surface area contributed by atoms with Crippen LogP contribution in [0.4, 0.5) is 5.69 Å². The molecule has 1 saturated heterocycles. The van der Waals surface area contributed by atoms with Crippen LogP contribution < -0.4 is 15.2 Å². The second-order valence-corrected chi connectivity index (χ2v) is 7.48. The highest BCUT2D eigenvalue weighted by atomic mass is 35.5. The van der Waals surface area contributed by atoms with Gasteiger partial charge in [0.1, 0.15) is 6.04 Å². The zero-order valence-corrected chi connectivity index (χ0v) is 14.4. The highest BCUT2D eigenvalue weighted by Crippen LogP contribution is 2.22. The zero-order chi connectivity index (χ0) is 18.0. The number of sulfonamides is 1. The van der Waals surface area contributed by atoms with E-state index >= 15 is 0 Å². The first kappa shape index (κ1) is 17.6. The van der Waals surface area contributed by atoms with Crippen molar-refractivity contribution in [1.29, 1.82) is 0 Å². The van der Waals surface area contributed by atoms with Crippen molar-refractivity contribution in [2.75, 3.05) is 4.90 Å². The van der Waals surface area contributed by atoms with Gasteiger partial charge in [0.25, 0.3) is 15.9 Å². The van der Waals surface area contributed by atoms with Gasteiger partial charge in [-0.25, -0.2) is 18.7 Å². The number of carbonyl (C=O) groups is 2. The molecule has 2 aromatic carbocycles. The highest BCUT2D eigenvalue weighted by molar-refractivity contribution is 7.89. The molecule has 0 spiro atoms. The number of hydrogen-bond donors (Lipinski definition) is 2. The lowest BCUT2D eigenvalue weighted by atomic mass is 10.3. The fourth-order valence-electron chi connectivity index (χ4n) is 2.41. The molecule has 1 aliphatic rings. The summed E-state index contributed by atoms with van der Waals surface area (Å²) >= 11 is 5.73. The largest absolute Gasteiger partial charge is 0.274 e. The summed E-state index contributed by atoms with van der Waals surface area (Å²) in [5.41, 5.74) is 2.88. The standard InChI is InChI=1S/C16H14ClN3O4S/c17-11-6-8-13(9-7-11)25(23,24)19-18-14-10-15(21)20(16(14)22)12-4-2-1-3-5-12/h1-9,14,18-19H,10H2/t14-/m1/s1. The van der Waals surface area contributed by atoms with Crippen LogP contribution in [0.3, 0.4) is 0 Å². The molecule has 1 atom stereocenters. The van der Waals surface area contributed by atoms with Gasteiger partial charge in [-0.1, -0.05) is 29.8 Å². The summed E-state index contributed by atoms with van der Waals surface area (Å²) in [7, 11) is -3.89. The molecule has 2 amide bonds. The number of para-hydroxylation sites is 1. The van der Waals surface area contributed by atoms with Crippen molar-refractivity contribution in [3.8, 4) is 0 Å². The predicted octanol–water partition coefficient (Wildman–Crippen LogP) is 1.46. The molecule has 1 fully saturated rings. The second kappa shape index (κ2) is 6.93. The maximum atomic E-state index is 12.4. The van der Waals surface area contributed by atoms with E-state index in [0.717, 1.165) is 4.90 Å². The number of imide groups is 1. The van der Waals surface area contributed by atoms with E-state index in [1.807, 2.05) is 0 Å². The lowest BCUT2D eigenvalue weighted by Gasteiger charge is -2.16. The SMILES string of the molecule is O=C1C[C@@H](NNS(=O)(=O)c2ccc(Cl)cc2)C(=O)N1c1ccccc1. The fourth-order valence-corrected chi connectivity index (χ4v) is 3.45. The van der Waals surface area contributed by atoms with Crippen LogP contribution in [0.2, 0.25) is 5.02 Å². The Bertz CT molecular complexity index is 901. The van der Waals surface area contributed by atoms with E-state index in [9.17, 15) is 18.0 Å². The third-order valence-corrected chi connectivity index (χ3v) is 5.18. The molecule has 7 nitrogen and oxygen atoms in total. The van der Waals surface area contributed by atoms with Gasteiger partial charge in [-0.15, -0.1) is 4.83 Å². The van der Waals surface area contributed by atoms with Crippen LogP contribution in [0, 0.1) is 0 Å². The first-order valence-corrected chi connectivity index (χ1v) is 9.19. The molecule has 3 rings (SSSR count). The maximum Gasteiger partial charge on any atom is 0.253 e. The molecule has 25 heavy (non-hydrogen) atoms. The molecular weight excluding hydrogens is 366 g/mol. The molecule has 9 heteroatoms. The summed E-state index contributed by atoms with van der Waals surface area (Å²) in [5.74, 6) is -0.922. The number of benzene rings is 2. The van der Waals surface area contributed by atoms with Gasteiger partial charge >= 0.3 is 0 Å². The Labute approximate surface area is 149 Å². The smallest absolute Gasteiger partial charge is 0.253 e. The van der Waals surface area contributed by atoms with Crippen molar-refractivity contribution in [2.45, 2.75) is 17.4 Å². The average molecular weight is 380 g/mol. The van der Waals surface area contributed by atoms with Crippen LogP contribution in [-0.4, -0.2) is 26.3 Å². The van der Waals surface area contributed by atoms with E-state index in [1.165, 1.54) is 24.3 Å². The van der Waals surface area contributed by atoms with Crippen LogP contribution >= 0.6 is 11.6 Å². The van der Waals surface area contributed by atoms with Gasteiger partial charge in [0, 0.05) is 5.02 Å². The van der Waals surface area contributed by atoms with E-state index in [0.29, 0.717) is 10.7 Å². The van der Waals surface area contributed by atoms with Gasteiger partial charge in [-0.2, -0.15) is 0 Å². The number of halogens is 1. The molecule has 0 unspecified atom stereocenters. The van der Waals surface area contributed by atoms with Crippen LogP contribution in [-0.2, 0) is 19.6 Å². The molecule has 0 radical (unpaired) electrons. The number of nitrogens with zero attached hydrogens (tertiary/aromatic N) is 1. The number of amides is 2. The normalized spacial score (nSPS) is 18.0. The monoisotopic (exact) mass is 379 g/mol. The van der Waals surface area contributed by atoms with E-state index in [1.54, 1.807) is 30.3 Å². The minimum Gasteiger partial charge on any atom is -0.274 e. The first-order chi connectivity index (χ1) is 11.9. The summed E-state index contributed by atoms with van der Waals surface area (Å²) in [5, 5.41) is 0.405. The number of hydrogen-bond acceptors (Lipinski definition) is 5. The van der Waals surface area contributed by atoms with Crippen LogP contribution in [0.1, 0.15) is 6.42 Å². The Kier molecular flexibility index (Phi) is 4.87. The Morgan fingerprint density at radius 1 is 1.00 bits per heavy atom. The third kappa shape index (κ3) is 3.72. The summed E-state index contributed by atoms with van der Waals surface area (Å²) in [6.45, 7) is 0. The van der Waals surface area contributed by atoms with Crippen molar-refractivity contribution in [3.05, 3.63) is 59.6 Å². The van der Waals surface area contributed by atoms with Gasteiger partial charge < -0.3 is 0 Å². The lowest BCUT2D eigenvalue weighted by molar-refractivity contribution is -0.121. The third-order valence-electron chi connectivity index (χ3n) is 3.65. The quantitative estimate of drug-likeness (QED) is 0.605. The molecule has 130 valence electrons. The van der Waals surface area contributed by atoms with Gasteiger partial charge in [-0.05, 0) is 36.4 Å². The van der Waals surface area contributed by atoms with E-state index in [-0.39, 0.29) is 11.3 Å². The topological polar surface area (TPSA) is 95.6 Å². The van der Waals surface area contributed by atoms with Gasteiger partial charge in [0.05, 0.1) is 17.0 Å². The Morgan fingerprint density at radius 3 is 2.28 bits per heavy atom. The molecule has 2 aromatic rings. The molecule has 1 aliphatic heterocycles. The highest BCUT2D eigenvalue weighted by Gasteiger charge is 2.40. The summed E-state index contributed by atoms with van der Waals surface area (Å²) in [4.78, 5) is 27.7. The van der Waals surface area contributed by atoms with Crippen molar-refractivity contribution in [2.24, 2.45) is 0 Å². The first-order valence-electron chi connectivity index (χ1n) is 7.33. The molecule has 0 saturated carbocycles. The van der Waals surface area contributed by atoms with Gasteiger partial charge in [0.15, 0.2) is 0 Å². The van der Waals surface area contributed by atoms with Crippen molar-refractivity contribution in [1.82, 2.24) is 10.3 Å². The molecule has 0 aliphatic carbocycles. The molecular formula is C16H14ClN3O4S. The number of rotatable bonds is 5. The zero-order valence-electron chi connectivity index (χ0n) is 12.8. The van der Waals surface area contributed by atoms with Crippen molar-refractivity contribution in [3.63, 3.8) is 0 Å². The maximum absolute atomic E-state index is 12.4. The summed E-state index contributed by atoms with van der Waals surface area (Å²) in [6.07, 6.45) is -0.142. The molecule has 0 aromatic heterocycles. The Balaban J connectivity index is 1.71. The Morgan fingerprint density at radius 2 is 1.64 bits per heavy atom. The molecule has 1 heterocycles. The van der Waals surface area contributed by atoms with Crippen LogP contribution in [0.25, 0.3) is 0 Å². The van der Waals surface area contributed by atoms with Crippen molar-refractivity contribution >= 4 is 39.1 Å². The fraction of sp³-hybridized carbons (Fsp3) is 0.125. The minimum atomic E-state index is -3.89. The van der Waals surface area contributed by atoms with Crippen molar-refractivity contribution < 1.29 is 18.0 Å². The second-order valence-electron chi connectivity index (χ2n) is 5.36. The minimum absolute atomic E-state index is 0.0129. The van der Waals surface area contributed by atoms with Gasteiger partial charge in [-0.3, -0.25) is 9.59 Å². The average Bonchev–Trinajstić information content (AvgIpc) is 2.88. The van der Waals surface area contributed by atoms with Crippen LogP contribution in [0.15, 0.2) is 59.5 Å². The van der Waals surface area contributed by atoms with E-state index in [2.05, 4.69) is 10.3 Å². The molecule has 0 bridgehead atoms. The number of nitrogens with one attached hydrogen (secondary N) is 2. The van der Waals surface area contributed by atoms with E-state index in [4.69, 9.17) is 11.6 Å². The summed E-state index contributed by atoms with van der Waals surface area (Å²) < 4.78 is 24.4. The predicted molar refractivity (Wildman–Crippen MR) is 92.2 cm³/mol. The van der Waals surface area contributed by atoms with E-state index < -0.39 is 27.9 Å². The van der Waals surface area contributed by atoms with Crippen LogP contribution in [0.5, 0.6) is 0 Å². The number of anilines is 1. The lowest BCUT2D eigenvalue weighted by Crippen LogP contribution is -2.48. The van der Waals surface area contributed by atoms with Gasteiger partial charge in [0.2, 0.25) is 5.91 Å². The number of hydrazine groups is 1. The Hall–Kier alpha value is -2.26. The number of carbonyl (C=O) groups excluding carboxylic acids is 2. The summed E-state index contributed by atoms with van der Waals surface area (Å²) in [6, 6.07) is 13.0.